The number of hydrogen-bond donors (Lipinski definition) is 0. The largest absolute Gasteiger partial charge is 0.217 e. The third-order valence-electron chi connectivity index (χ3n) is 2.65. The molecule has 0 aromatic carbocycles. The van der Waals surface area contributed by atoms with Gasteiger partial charge in [0.2, 0.25) is 5.16 Å². The van der Waals surface area contributed by atoms with Crippen molar-refractivity contribution in [3.8, 4) is 6.07 Å². The number of thioether (sulfide) groups is 1. The molecule has 6 heteroatoms. The molecule has 0 radical (unpaired) electrons. The zero-order valence-corrected chi connectivity index (χ0v) is 9.28. The average Bonchev–Trinajstić information content (AvgIpc) is 2.75. The molecule has 1 heterocycles. The average molecular weight is 223 g/mol. The monoisotopic (exact) mass is 223 g/mol. The Labute approximate surface area is 92.8 Å². The Hall–Kier alpha value is -1.09. The highest BCUT2D eigenvalue weighted by Crippen LogP contribution is 2.29. The van der Waals surface area contributed by atoms with Crippen molar-refractivity contribution in [1.82, 2.24) is 20.2 Å². The van der Waals surface area contributed by atoms with Crippen LogP contribution in [0.15, 0.2) is 5.16 Å². The van der Waals surface area contributed by atoms with Crippen LogP contribution in [-0.2, 0) is 0 Å². The summed E-state index contributed by atoms with van der Waals surface area (Å²) in [7, 11) is 0. The SMILES string of the molecule is N#CCSc1nnnn1C1CCCCC1. The Morgan fingerprint density at radius 2 is 2.20 bits per heavy atom. The van der Waals surface area contributed by atoms with Gasteiger partial charge in [-0.3, -0.25) is 0 Å². The topological polar surface area (TPSA) is 67.4 Å². The van der Waals surface area contributed by atoms with E-state index in [0.717, 1.165) is 18.0 Å². The molecule has 0 N–H and O–H groups in total. The van der Waals surface area contributed by atoms with Crippen LogP contribution >= 0.6 is 11.8 Å². The quantitative estimate of drug-likeness (QED) is 0.731. The Morgan fingerprint density at radius 1 is 1.40 bits per heavy atom. The lowest BCUT2D eigenvalue weighted by molar-refractivity contribution is 0.307. The van der Waals surface area contributed by atoms with Gasteiger partial charge in [0, 0.05) is 0 Å². The number of rotatable bonds is 3. The van der Waals surface area contributed by atoms with Gasteiger partial charge < -0.3 is 0 Å². The van der Waals surface area contributed by atoms with E-state index in [9.17, 15) is 0 Å². The van der Waals surface area contributed by atoms with Crippen LogP contribution in [0.25, 0.3) is 0 Å². The zero-order valence-electron chi connectivity index (χ0n) is 8.46. The third kappa shape index (κ3) is 2.48. The molecule has 1 aliphatic carbocycles. The lowest BCUT2D eigenvalue weighted by Crippen LogP contribution is -2.15. The molecule has 0 spiro atoms. The molecule has 1 fully saturated rings. The molecule has 80 valence electrons. The van der Waals surface area contributed by atoms with Gasteiger partial charge in [0.1, 0.15) is 0 Å². The lowest BCUT2D eigenvalue weighted by atomic mass is 9.96. The number of hydrogen-bond acceptors (Lipinski definition) is 5. The van der Waals surface area contributed by atoms with Gasteiger partial charge in [0.25, 0.3) is 0 Å². The van der Waals surface area contributed by atoms with Crippen LogP contribution in [0.3, 0.4) is 0 Å². The van der Waals surface area contributed by atoms with E-state index < -0.39 is 0 Å². The summed E-state index contributed by atoms with van der Waals surface area (Å²) >= 11 is 1.41. The molecule has 0 amide bonds. The fraction of sp³-hybridized carbons (Fsp3) is 0.778. The molecule has 0 bridgehead atoms. The summed E-state index contributed by atoms with van der Waals surface area (Å²) in [6.07, 6.45) is 6.15. The summed E-state index contributed by atoms with van der Waals surface area (Å²) < 4.78 is 1.89. The number of aromatic nitrogens is 4. The molecule has 1 aromatic rings. The summed E-state index contributed by atoms with van der Waals surface area (Å²) in [5.74, 6) is 0.410. The molecule has 1 saturated carbocycles. The van der Waals surface area contributed by atoms with Gasteiger partial charge in [-0.15, -0.1) is 5.10 Å². The Balaban J connectivity index is 2.06. The van der Waals surface area contributed by atoms with Crippen LogP contribution in [0.2, 0.25) is 0 Å². The first-order valence-electron chi connectivity index (χ1n) is 5.19. The maximum absolute atomic E-state index is 8.52. The van der Waals surface area contributed by atoms with E-state index in [1.807, 2.05) is 4.68 Å². The fourth-order valence-electron chi connectivity index (χ4n) is 1.93. The minimum absolute atomic E-state index is 0.410. The van der Waals surface area contributed by atoms with E-state index in [2.05, 4.69) is 21.6 Å². The normalized spacial score (nSPS) is 17.5. The van der Waals surface area contributed by atoms with Crippen LogP contribution in [-0.4, -0.2) is 26.0 Å². The number of nitriles is 1. The second-order valence-electron chi connectivity index (χ2n) is 3.64. The van der Waals surface area contributed by atoms with E-state index >= 15 is 0 Å². The first-order valence-corrected chi connectivity index (χ1v) is 6.18. The van der Waals surface area contributed by atoms with E-state index in [1.165, 1.54) is 31.0 Å². The Kier molecular flexibility index (Phi) is 3.56. The van der Waals surface area contributed by atoms with Crippen LogP contribution < -0.4 is 0 Å². The molecule has 0 aliphatic heterocycles. The van der Waals surface area contributed by atoms with Crippen LogP contribution in [0, 0.1) is 11.3 Å². The molecular weight excluding hydrogens is 210 g/mol. The molecule has 2 rings (SSSR count). The predicted octanol–water partition coefficient (Wildman–Crippen LogP) is 1.79. The summed E-state index contributed by atoms with van der Waals surface area (Å²) in [6, 6.07) is 2.53. The number of tetrazole rings is 1. The van der Waals surface area contributed by atoms with Crippen molar-refractivity contribution >= 4 is 11.8 Å². The van der Waals surface area contributed by atoms with Crippen LogP contribution in [0.4, 0.5) is 0 Å². The van der Waals surface area contributed by atoms with Crippen molar-refractivity contribution in [1.29, 1.82) is 5.26 Å². The van der Waals surface area contributed by atoms with Gasteiger partial charge in [-0.2, -0.15) is 5.26 Å². The van der Waals surface area contributed by atoms with Crippen molar-refractivity contribution in [3.63, 3.8) is 0 Å². The Bertz CT molecular complexity index is 350. The van der Waals surface area contributed by atoms with Gasteiger partial charge in [0.05, 0.1) is 17.9 Å². The molecule has 5 nitrogen and oxygen atoms in total. The molecule has 15 heavy (non-hydrogen) atoms. The molecule has 1 aliphatic rings. The van der Waals surface area contributed by atoms with E-state index in [4.69, 9.17) is 5.26 Å². The van der Waals surface area contributed by atoms with Crippen molar-refractivity contribution < 1.29 is 0 Å². The standard InChI is InChI=1S/C9H13N5S/c10-6-7-15-9-11-12-13-14(9)8-4-2-1-3-5-8/h8H,1-5,7H2. The van der Waals surface area contributed by atoms with Crippen molar-refractivity contribution in [2.75, 3.05) is 5.75 Å². The minimum Gasteiger partial charge on any atom is -0.217 e. The van der Waals surface area contributed by atoms with Crippen molar-refractivity contribution in [3.05, 3.63) is 0 Å². The van der Waals surface area contributed by atoms with Gasteiger partial charge in [0.15, 0.2) is 0 Å². The first-order chi connectivity index (χ1) is 7.42. The second kappa shape index (κ2) is 5.12. The predicted molar refractivity (Wildman–Crippen MR) is 56.3 cm³/mol. The highest BCUT2D eigenvalue weighted by atomic mass is 32.2. The highest BCUT2D eigenvalue weighted by molar-refractivity contribution is 7.99. The third-order valence-corrected chi connectivity index (χ3v) is 3.45. The summed E-state index contributed by atoms with van der Waals surface area (Å²) in [5.41, 5.74) is 0. The lowest BCUT2D eigenvalue weighted by Gasteiger charge is -2.21. The zero-order chi connectivity index (χ0) is 10.5. The molecule has 0 atom stereocenters. The first kappa shape index (κ1) is 10.4. The smallest absolute Gasteiger partial charge is 0.210 e. The minimum atomic E-state index is 0.410. The van der Waals surface area contributed by atoms with Crippen molar-refractivity contribution in [2.45, 2.75) is 43.3 Å². The maximum Gasteiger partial charge on any atom is 0.210 e. The maximum atomic E-state index is 8.52. The van der Waals surface area contributed by atoms with Gasteiger partial charge in [-0.25, -0.2) is 4.68 Å². The molecule has 0 saturated heterocycles. The summed E-state index contributed by atoms with van der Waals surface area (Å²) in [5, 5.41) is 20.9. The molecule has 1 aromatic heterocycles. The summed E-state index contributed by atoms with van der Waals surface area (Å²) in [6.45, 7) is 0. The number of nitrogens with zero attached hydrogens (tertiary/aromatic N) is 5. The highest BCUT2D eigenvalue weighted by Gasteiger charge is 2.19. The van der Waals surface area contributed by atoms with Crippen LogP contribution in [0.5, 0.6) is 0 Å². The molecular formula is C9H13N5S. The van der Waals surface area contributed by atoms with E-state index in [1.54, 1.807) is 0 Å². The Morgan fingerprint density at radius 3 is 2.93 bits per heavy atom. The van der Waals surface area contributed by atoms with E-state index in [-0.39, 0.29) is 0 Å². The van der Waals surface area contributed by atoms with E-state index in [0.29, 0.717) is 11.8 Å². The summed E-state index contributed by atoms with van der Waals surface area (Å²) in [4.78, 5) is 0. The molecule has 0 unspecified atom stereocenters. The fourth-order valence-corrected chi connectivity index (χ4v) is 2.54. The van der Waals surface area contributed by atoms with Crippen molar-refractivity contribution in [2.24, 2.45) is 0 Å². The van der Waals surface area contributed by atoms with Gasteiger partial charge >= 0.3 is 0 Å². The van der Waals surface area contributed by atoms with Crippen LogP contribution in [0.1, 0.15) is 38.1 Å². The second-order valence-corrected chi connectivity index (χ2v) is 4.59. The van der Waals surface area contributed by atoms with Gasteiger partial charge in [-0.1, -0.05) is 31.0 Å². The van der Waals surface area contributed by atoms with Gasteiger partial charge in [-0.05, 0) is 23.3 Å².